The van der Waals surface area contributed by atoms with E-state index in [2.05, 4.69) is 21.5 Å². The summed E-state index contributed by atoms with van der Waals surface area (Å²) in [6, 6.07) is 13.7. The zero-order chi connectivity index (χ0) is 29.6. The zero-order valence-corrected chi connectivity index (χ0v) is 24.8. The Labute approximate surface area is 247 Å². The molecule has 1 N–H and O–H groups in total. The largest absolute Gasteiger partial charge is 0.493 e. The molecule has 2 atom stereocenters. The highest BCUT2D eigenvalue weighted by Crippen LogP contribution is 2.38. The molecule has 1 aliphatic rings. The fraction of sp³-hybridized carbons (Fsp3) is 0.344. The van der Waals surface area contributed by atoms with Gasteiger partial charge >= 0.3 is 0 Å². The third-order valence-electron chi connectivity index (χ3n) is 7.32. The molecule has 1 fully saturated rings. The quantitative estimate of drug-likeness (QED) is 0.184. The molecule has 2 unspecified atom stereocenters. The number of hydrogen-bond donors (Lipinski definition) is 1. The zero-order valence-electron chi connectivity index (χ0n) is 24.0. The average molecular weight is 596 g/mol. The van der Waals surface area contributed by atoms with Gasteiger partial charge in [0.15, 0.2) is 23.1 Å². The lowest BCUT2D eigenvalue weighted by Gasteiger charge is -2.30. The molecule has 42 heavy (non-hydrogen) atoms. The summed E-state index contributed by atoms with van der Waals surface area (Å²) in [6.45, 7) is 7.76. The van der Waals surface area contributed by atoms with Crippen LogP contribution < -0.4 is 18.9 Å². The van der Waals surface area contributed by atoms with E-state index in [0.717, 1.165) is 32.0 Å². The van der Waals surface area contributed by atoms with Crippen LogP contribution in [0.2, 0.25) is 0 Å². The van der Waals surface area contributed by atoms with E-state index in [1.165, 1.54) is 31.0 Å². The van der Waals surface area contributed by atoms with Gasteiger partial charge < -0.3 is 23.8 Å². The second-order valence-corrected chi connectivity index (χ2v) is 11.8. The third kappa shape index (κ3) is 7.17. The summed E-state index contributed by atoms with van der Waals surface area (Å²) in [4.78, 5) is 7.19. The van der Waals surface area contributed by atoms with Crippen molar-refractivity contribution in [2.75, 3.05) is 38.1 Å². The minimum Gasteiger partial charge on any atom is -0.493 e. The van der Waals surface area contributed by atoms with Gasteiger partial charge in [-0.15, -0.1) is 0 Å². The van der Waals surface area contributed by atoms with E-state index < -0.39 is 22.6 Å². The standard InChI is InChI=1S/C32H35F2N3O4S/c1-21-6-4-13-37(20-21)14-5-15-40-32-19-28-25(18-31(32)39-3)29(11-12-35-28)41-30-10-8-23(16-27(30)34)36-42(38)24-9-7-22(2)26(33)17-24/h7-12,16-19,21,36H,4-6,13-15,20H2,1-3H3. The predicted octanol–water partition coefficient (Wildman–Crippen LogP) is 7.26. The fourth-order valence-electron chi connectivity index (χ4n) is 5.07. The van der Waals surface area contributed by atoms with Crippen molar-refractivity contribution < 1.29 is 27.2 Å². The number of nitrogens with zero attached hydrogens (tertiary/aromatic N) is 2. The molecule has 5 rings (SSSR count). The number of nitrogens with one attached hydrogen (secondary N) is 1. The van der Waals surface area contributed by atoms with Crippen LogP contribution in [-0.2, 0) is 11.0 Å². The Hall–Kier alpha value is -3.76. The van der Waals surface area contributed by atoms with Crippen LogP contribution in [0.25, 0.3) is 10.9 Å². The maximum Gasteiger partial charge on any atom is 0.167 e. The number of rotatable bonds is 11. The Morgan fingerprint density at radius 1 is 1.02 bits per heavy atom. The number of likely N-dealkylation sites (tertiary alicyclic amines) is 1. The van der Waals surface area contributed by atoms with Crippen molar-refractivity contribution in [2.24, 2.45) is 5.92 Å². The Morgan fingerprint density at radius 3 is 2.64 bits per heavy atom. The molecule has 222 valence electrons. The summed E-state index contributed by atoms with van der Waals surface area (Å²) in [6.07, 6.45) is 5.04. The Balaban J connectivity index is 1.26. The first-order chi connectivity index (χ1) is 20.3. The summed E-state index contributed by atoms with van der Waals surface area (Å²) in [5.74, 6) is 1.11. The number of piperidine rings is 1. The number of aromatic nitrogens is 1. The summed E-state index contributed by atoms with van der Waals surface area (Å²) in [5, 5.41) is 0.633. The van der Waals surface area contributed by atoms with Gasteiger partial charge in [-0.25, -0.2) is 13.0 Å². The monoisotopic (exact) mass is 595 g/mol. The number of benzene rings is 3. The van der Waals surface area contributed by atoms with Gasteiger partial charge in [-0.1, -0.05) is 13.0 Å². The molecule has 0 spiro atoms. The second kappa shape index (κ2) is 13.5. The van der Waals surface area contributed by atoms with E-state index in [1.807, 2.05) is 0 Å². The average Bonchev–Trinajstić information content (AvgIpc) is 2.98. The number of ether oxygens (including phenoxy) is 3. The van der Waals surface area contributed by atoms with Crippen molar-refractivity contribution in [3.63, 3.8) is 0 Å². The number of aryl methyl sites for hydroxylation is 1. The molecule has 0 radical (unpaired) electrons. The lowest BCUT2D eigenvalue weighted by molar-refractivity contribution is 0.169. The lowest BCUT2D eigenvalue weighted by Crippen LogP contribution is -2.35. The molecule has 1 aromatic heterocycles. The molecule has 0 bridgehead atoms. The lowest BCUT2D eigenvalue weighted by atomic mass is 10.0. The Bertz CT molecular complexity index is 1590. The summed E-state index contributed by atoms with van der Waals surface area (Å²) < 4.78 is 61.8. The molecule has 3 aromatic carbocycles. The highest BCUT2D eigenvalue weighted by atomic mass is 32.2. The number of fused-ring (bicyclic) bond motifs is 1. The van der Waals surface area contributed by atoms with Crippen molar-refractivity contribution in [1.29, 1.82) is 0 Å². The topological polar surface area (TPSA) is 72.9 Å². The van der Waals surface area contributed by atoms with Gasteiger partial charge in [-0.3, -0.25) is 4.98 Å². The number of pyridine rings is 1. The Morgan fingerprint density at radius 2 is 1.88 bits per heavy atom. The molecule has 0 amide bonds. The normalized spacial score (nSPS) is 16.3. The van der Waals surface area contributed by atoms with E-state index >= 15 is 4.39 Å². The van der Waals surface area contributed by atoms with Crippen LogP contribution in [0.1, 0.15) is 31.7 Å². The van der Waals surface area contributed by atoms with Crippen molar-refractivity contribution in [3.8, 4) is 23.0 Å². The first-order valence-corrected chi connectivity index (χ1v) is 15.2. The number of methoxy groups -OCH3 is 1. The first kappa shape index (κ1) is 29.7. The van der Waals surface area contributed by atoms with E-state index in [4.69, 9.17) is 14.2 Å². The van der Waals surface area contributed by atoms with Crippen LogP contribution in [0, 0.1) is 24.5 Å². The maximum absolute atomic E-state index is 15.1. The molecule has 1 saturated heterocycles. The molecule has 4 aromatic rings. The van der Waals surface area contributed by atoms with E-state index in [9.17, 15) is 8.60 Å². The van der Waals surface area contributed by atoms with E-state index in [0.29, 0.717) is 40.3 Å². The molecule has 7 nitrogen and oxygen atoms in total. The van der Waals surface area contributed by atoms with E-state index in [-0.39, 0.29) is 16.3 Å². The van der Waals surface area contributed by atoms with Crippen LogP contribution in [0.5, 0.6) is 23.0 Å². The first-order valence-electron chi connectivity index (χ1n) is 14.0. The molecule has 0 saturated carbocycles. The maximum atomic E-state index is 15.1. The van der Waals surface area contributed by atoms with Crippen molar-refractivity contribution in [3.05, 3.63) is 78.0 Å². The van der Waals surface area contributed by atoms with Crippen molar-refractivity contribution >= 4 is 27.6 Å². The van der Waals surface area contributed by atoms with Gasteiger partial charge in [0.2, 0.25) is 0 Å². The predicted molar refractivity (Wildman–Crippen MR) is 161 cm³/mol. The minimum absolute atomic E-state index is 0.0217. The van der Waals surface area contributed by atoms with Crippen LogP contribution in [0.4, 0.5) is 14.5 Å². The van der Waals surface area contributed by atoms with Gasteiger partial charge in [0.05, 0.1) is 24.1 Å². The van der Waals surface area contributed by atoms with Gasteiger partial charge in [0.1, 0.15) is 22.6 Å². The molecule has 0 aliphatic carbocycles. The highest BCUT2D eigenvalue weighted by Gasteiger charge is 2.17. The van der Waals surface area contributed by atoms with Gasteiger partial charge in [0.25, 0.3) is 0 Å². The number of anilines is 1. The fourth-order valence-corrected chi connectivity index (χ4v) is 5.93. The summed E-state index contributed by atoms with van der Waals surface area (Å²) >= 11 is 0. The number of halogens is 2. The summed E-state index contributed by atoms with van der Waals surface area (Å²) in [7, 11) is -0.201. The van der Waals surface area contributed by atoms with Crippen LogP contribution >= 0.6 is 0 Å². The molecule has 1 aliphatic heterocycles. The van der Waals surface area contributed by atoms with Gasteiger partial charge in [-0.05, 0) is 80.6 Å². The smallest absolute Gasteiger partial charge is 0.167 e. The van der Waals surface area contributed by atoms with Gasteiger partial charge in [0, 0.05) is 42.5 Å². The third-order valence-corrected chi connectivity index (χ3v) is 8.43. The number of hydrogen-bond acceptors (Lipinski definition) is 6. The molecular weight excluding hydrogens is 560 g/mol. The minimum atomic E-state index is -1.77. The summed E-state index contributed by atoms with van der Waals surface area (Å²) in [5.41, 5.74) is 1.33. The van der Waals surface area contributed by atoms with Crippen LogP contribution in [0.15, 0.2) is 65.7 Å². The molecule has 10 heteroatoms. The molecular formula is C32H35F2N3O4S. The Kier molecular flexibility index (Phi) is 9.54. The van der Waals surface area contributed by atoms with Crippen molar-refractivity contribution in [2.45, 2.75) is 38.0 Å². The van der Waals surface area contributed by atoms with Gasteiger partial charge in [-0.2, -0.15) is 0 Å². The van der Waals surface area contributed by atoms with Crippen molar-refractivity contribution in [1.82, 2.24) is 9.88 Å². The second-order valence-electron chi connectivity index (χ2n) is 10.6. The van der Waals surface area contributed by atoms with Crippen LogP contribution in [-0.4, -0.2) is 47.4 Å². The van der Waals surface area contributed by atoms with E-state index in [1.54, 1.807) is 56.6 Å². The van der Waals surface area contributed by atoms with Crippen LogP contribution in [0.3, 0.4) is 0 Å². The highest BCUT2D eigenvalue weighted by molar-refractivity contribution is 7.86. The SMILES string of the molecule is COc1cc2c(Oc3ccc(NS(=O)c4ccc(C)c(F)c4)cc3F)ccnc2cc1OCCCN1CCCC(C)C1. The molecule has 2 heterocycles.